The molecule has 3 N–H and O–H groups in total. The lowest BCUT2D eigenvalue weighted by molar-refractivity contribution is -0.138. The lowest BCUT2D eigenvalue weighted by Gasteiger charge is -2.15. The van der Waals surface area contributed by atoms with Gasteiger partial charge in [-0.1, -0.05) is 11.6 Å². The largest absolute Gasteiger partial charge is 0.480 e. The summed E-state index contributed by atoms with van der Waals surface area (Å²) in [6.45, 7) is 3.20. The molecule has 7 heteroatoms. The van der Waals surface area contributed by atoms with E-state index in [1.807, 2.05) is 6.07 Å². The average molecular weight is 277 g/mol. The molecule has 0 radical (unpaired) electrons. The first kappa shape index (κ1) is 13.8. The van der Waals surface area contributed by atoms with Crippen LogP contribution in [0, 0.1) is 0 Å². The number of carboxylic acid groups (broad SMARTS) is 1. The van der Waals surface area contributed by atoms with E-state index < -0.39 is 18.0 Å². The molecular weight excluding hydrogens is 264 g/mol. The third kappa shape index (κ3) is 4.24. The number of aliphatic carboxylic acids is 1. The molecule has 1 aromatic rings. The summed E-state index contributed by atoms with van der Waals surface area (Å²) in [6, 6.07) is 1.91. The second-order valence-corrected chi connectivity index (χ2v) is 5.29. The molecule has 0 aliphatic carbocycles. The van der Waals surface area contributed by atoms with Gasteiger partial charge < -0.3 is 15.7 Å². The van der Waals surface area contributed by atoms with Gasteiger partial charge in [-0.3, -0.25) is 4.79 Å². The van der Waals surface area contributed by atoms with Gasteiger partial charge in [-0.2, -0.15) is 0 Å². The minimum atomic E-state index is -1.08. The number of halogens is 1. The van der Waals surface area contributed by atoms with Gasteiger partial charge in [0.05, 0.1) is 10.4 Å². The van der Waals surface area contributed by atoms with Crippen LogP contribution in [0.4, 0.5) is 4.79 Å². The summed E-state index contributed by atoms with van der Waals surface area (Å²) in [5, 5.41) is 13.6. The summed E-state index contributed by atoms with van der Waals surface area (Å²) in [5.74, 6) is -1.08. The van der Waals surface area contributed by atoms with Crippen molar-refractivity contribution in [3.8, 4) is 0 Å². The third-order valence-corrected chi connectivity index (χ3v) is 3.50. The Morgan fingerprint density at radius 2 is 2.00 bits per heavy atom. The highest BCUT2D eigenvalue weighted by atomic mass is 35.5. The lowest BCUT2D eigenvalue weighted by Crippen LogP contribution is -2.44. The van der Waals surface area contributed by atoms with E-state index in [1.165, 1.54) is 18.3 Å². The zero-order valence-electron chi connectivity index (χ0n) is 9.36. The Hall–Kier alpha value is -1.27. The fourth-order valence-corrected chi connectivity index (χ4v) is 2.19. The molecule has 1 aromatic heterocycles. The standard InChI is InChI=1S/C10H13ClN2O3S/c1-5(7-3-4-8(11)17-7)12-10(16)13-6(2)9(14)15/h3-6H,1-2H3,(H,14,15)(H2,12,13,16). The van der Waals surface area contributed by atoms with Gasteiger partial charge in [0.15, 0.2) is 0 Å². The number of nitrogens with one attached hydrogen (secondary N) is 2. The maximum Gasteiger partial charge on any atom is 0.325 e. The fraction of sp³-hybridized carbons (Fsp3) is 0.400. The molecule has 0 bridgehead atoms. The van der Waals surface area contributed by atoms with Gasteiger partial charge in [0.1, 0.15) is 6.04 Å². The van der Waals surface area contributed by atoms with Crippen LogP contribution in [-0.4, -0.2) is 23.1 Å². The van der Waals surface area contributed by atoms with Crippen LogP contribution in [0.2, 0.25) is 4.34 Å². The lowest BCUT2D eigenvalue weighted by atomic mass is 10.3. The molecule has 17 heavy (non-hydrogen) atoms. The van der Waals surface area contributed by atoms with Crippen LogP contribution in [-0.2, 0) is 4.79 Å². The number of carbonyl (C=O) groups excluding carboxylic acids is 1. The van der Waals surface area contributed by atoms with Crippen molar-refractivity contribution in [3.63, 3.8) is 0 Å². The van der Waals surface area contributed by atoms with Crippen molar-refractivity contribution in [3.05, 3.63) is 21.3 Å². The summed E-state index contributed by atoms with van der Waals surface area (Å²) < 4.78 is 0.646. The molecule has 0 saturated heterocycles. The van der Waals surface area contributed by atoms with Gasteiger partial charge in [0.25, 0.3) is 0 Å². The van der Waals surface area contributed by atoms with Crippen LogP contribution in [0.1, 0.15) is 24.8 Å². The molecule has 0 aliphatic rings. The predicted octanol–water partition coefficient (Wildman–Crippen LogP) is 2.23. The molecule has 0 aliphatic heterocycles. The van der Waals surface area contributed by atoms with Crippen molar-refractivity contribution in [2.75, 3.05) is 0 Å². The van der Waals surface area contributed by atoms with Crippen LogP contribution >= 0.6 is 22.9 Å². The normalized spacial score (nSPS) is 13.8. The monoisotopic (exact) mass is 276 g/mol. The highest BCUT2D eigenvalue weighted by Crippen LogP contribution is 2.26. The number of thiophene rings is 1. The summed E-state index contributed by atoms with van der Waals surface area (Å²) in [6.07, 6.45) is 0. The van der Waals surface area contributed by atoms with Gasteiger partial charge in [0.2, 0.25) is 0 Å². The highest BCUT2D eigenvalue weighted by molar-refractivity contribution is 7.16. The van der Waals surface area contributed by atoms with Gasteiger partial charge >= 0.3 is 12.0 Å². The number of amides is 2. The van der Waals surface area contributed by atoms with Gasteiger partial charge in [-0.15, -0.1) is 11.3 Å². The Morgan fingerprint density at radius 1 is 1.35 bits per heavy atom. The predicted molar refractivity (Wildman–Crippen MR) is 66.5 cm³/mol. The van der Waals surface area contributed by atoms with Crippen molar-refractivity contribution in [2.45, 2.75) is 25.9 Å². The zero-order valence-corrected chi connectivity index (χ0v) is 10.9. The van der Waals surface area contributed by atoms with Crippen LogP contribution in [0.15, 0.2) is 12.1 Å². The molecule has 1 rings (SSSR count). The Bertz CT molecular complexity index is 421. The van der Waals surface area contributed by atoms with E-state index >= 15 is 0 Å². The molecule has 5 nitrogen and oxygen atoms in total. The Kier molecular flexibility index (Phi) is 4.77. The zero-order chi connectivity index (χ0) is 13.0. The van der Waals surface area contributed by atoms with E-state index in [1.54, 1.807) is 13.0 Å². The van der Waals surface area contributed by atoms with Gasteiger partial charge in [-0.25, -0.2) is 4.79 Å². The minimum Gasteiger partial charge on any atom is -0.480 e. The Morgan fingerprint density at radius 3 is 2.47 bits per heavy atom. The van der Waals surface area contributed by atoms with Gasteiger partial charge in [-0.05, 0) is 26.0 Å². The van der Waals surface area contributed by atoms with Crippen LogP contribution in [0.3, 0.4) is 0 Å². The Balaban J connectivity index is 2.49. The first-order valence-corrected chi connectivity index (χ1v) is 6.14. The van der Waals surface area contributed by atoms with Crippen molar-refractivity contribution >= 4 is 34.9 Å². The molecular formula is C10H13ClN2O3S. The number of hydrogen-bond donors (Lipinski definition) is 3. The molecule has 2 atom stereocenters. The number of hydrogen-bond acceptors (Lipinski definition) is 3. The molecule has 2 amide bonds. The summed E-state index contributed by atoms with van der Waals surface area (Å²) in [5.41, 5.74) is 0. The highest BCUT2D eigenvalue weighted by Gasteiger charge is 2.16. The molecule has 94 valence electrons. The smallest absolute Gasteiger partial charge is 0.325 e. The Labute approximate surface area is 108 Å². The van der Waals surface area contributed by atoms with Crippen LogP contribution in [0.5, 0.6) is 0 Å². The van der Waals surface area contributed by atoms with Gasteiger partial charge in [0, 0.05) is 4.88 Å². The maximum absolute atomic E-state index is 11.4. The molecule has 0 fully saturated rings. The first-order valence-electron chi connectivity index (χ1n) is 4.95. The summed E-state index contributed by atoms with van der Waals surface area (Å²) in [4.78, 5) is 22.9. The minimum absolute atomic E-state index is 0.214. The third-order valence-electron chi connectivity index (χ3n) is 2.09. The molecule has 0 aromatic carbocycles. The van der Waals surface area contributed by atoms with Crippen LogP contribution < -0.4 is 10.6 Å². The molecule has 0 spiro atoms. The van der Waals surface area contributed by atoms with E-state index in [4.69, 9.17) is 16.7 Å². The van der Waals surface area contributed by atoms with Crippen LogP contribution in [0.25, 0.3) is 0 Å². The van der Waals surface area contributed by atoms with Crippen molar-refractivity contribution in [2.24, 2.45) is 0 Å². The first-order chi connectivity index (χ1) is 7.90. The SMILES string of the molecule is CC(NC(=O)NC(C)c1ccc(Cl)s1)C(=O)O. The van der Waals surface area contributed by atoms with Crippen molar-refractivity contribution in [1.82, 2.24) is 10.6 Å². The van der Waals surface area contributed by atoms with Crippen molar-refractivity contribution < 1.29 is 14.7 Å². The maximum atomic E-state index is 11.4. The quantitative estimate of drug-likeness (QED) is 0.789. The summed E-state index contributed by atoms with van der Waals surface area (Å²) in [7, 11) is 0. The number of rotatable bonds is 4. The molecule has 0 saturated carbocycles. The van der Waals surface area contributed by atoms with Crippen molar-refractivity contribution in [1.29, 1.82) is 0 Å². The number of carboxylic acids is 1. The average Bonchev–Trinajstić information content (AvgIpc) is 2.64. The number of carbonyl (C=O) groups is 2. The number of urea groups is 1. The van der Waals surface area contributed by atoms with E-state index in [2.05, 4.69) is 10.6 Å². The second-order valence-electron chi connectivity index (χ2n) is 3.54. The fourth-order valence-electron chi connectivity index (χ4n) is 1.13. The second kappa shape index (κ2) is 5.88. The molecule has 1 heterocycles. The van der Waals surface area contributed by atoms with E-state index in [9.17, 15) is 9.59 Å². The van der Waals surface area contributed by atoms with E-state index in [-0.39, 0.29) is 6.04 Å². The van der Waals surface area contributed by atoms with E-state index in [0.29, 0.717) is 4.34 Å². The topological polar surface area (TPSA) is 78.4 Å². The summed E-state index contributed by atoms with van der Waals surface area (Å²) >= 11 is 7.15. The molecule has 2 unspecified atom stereocenters. The van der Waals surface area contributed by atoms with E-state index in [0.717, 1.165) is 4.88 Å².